The summed E-state index contributed by atoms with van der Waals surface area (Å²) in [5, 5.41) is 0. The van der Waals surface area contributed by atoms with E-state index in [-0.39, 0.29) is 42.8 Å². The second-order valence-electron chi connectivity index (χ2n) is 17.6. The fraction of sp³-hybridized carbons (Fsp3) is 0.449. The van der Waals surface area contributed by atoms with Gasteiger partial charge in [0.15, 0.2) is 0 Å². The Balaban J connectivity index is 1.22. The molecule has 17 heteroatoms. The average molecular weight is 903 g/mol. The van der Waals surface area contributed by atoms with Crippen molar-refractivity contribution in [1.82, 2.24) is 29.5 Å². The van der Waals surface area contributed by atoms with Gasteiger partial charge in [-0.2, -0.15) is 0 Å². The van der Waals surface area contributed by atoms with Gasteiger partial charge < -0.3 is 38.4 Å². The molecular weight excluding hydrogens is 849 g/mol. The average Bonchev–Trinajstić information content (AvgIpc) is 4.15. The van der Waals surface area contributed by atoms with E-state index in [1.165, 1.54) is 31.7 Å². The Bertz CT molecular complexity index is 3040. The molecule has 8 heterocycles. The van der Waals surface area contributed by atoms with Crippen LogP contribution in [0.1, 0.15) is 128 Å². The van der Waals surface area contributed by atoms with Crippen LogP contribution in [0.4, 0.5) is 0 Å². The third kappa shape index (κ3) is 7.91. The SMILES string of the molecule is CCc1c(C)c2cc3[nH]c(cc4nc(c5c6nc(cc1[nH]2)C(C)=C6C1(C5)OCCO1)[C@@H](CCC(=O)OC)[C@@H]4C)c(C)c3/C=C/c1cn([C@H]2C[C@H](OC(C)=O)[C@@H](COC(C)=O)O2)c(=O)[nH]c1=O. The van der Waals surface area contributed by atoms with Gasteiger partial charge in [-0.1, -0.05) is 19.9 Å². The van der Waals surface area contributed by atoms with E-state index in [9.17, 15) is 24.0 Å². The van der Waals surface area contributed by atoms with Crippen molar-refractivity contribution in [3.05, 3.63) is 101 Å². The summed E-state index contributed by atoms with van der Waals surface area (Å²) in [5.41, 5.74) is 12.2. The predicted molar refractivity (Wildman–Crippen MR) is 244 cm³/mol. The normalized spacial score (nSPS) is 21.9. The van der Waals surface area contributed by atoms with E-state index in [0.29, 0.717) is 26.1 Å². The van der Waals surface area contributed by atoms with E-state index in [2.05, 4.69) is 60.8 Å². The second kappa shape index (κ2) is 17.4. The number of carbonyl (C=O) groups is 3. The molecule has 5 atom stereocenters. The van der Waals surface area contributed by atoms with Gasteiger partial charge in [0.05, 0.1) is 43.0 Å². The minimum atomic E-state index is -0.978. The van der Waals surface area contributed by atoms with Crippen LogP contribution >= 0.6 is 0 Å². The first kappa shape index (κ1) is 44.8. The lowest BCUT2D eigenvalue weighted by atomic mass is 9.85. The van der Waals surface area contributed by atoms with E-state index >= 15 is 0 Å². The molecule has 3 N–H and O–H groups in total. The first-order valence-corrected chi connectivity index (χ1v) is 22.4. The lowest BCUT2D eigenvalue weighted by Crippen LogP contribution is -2.33. The van der Waals surface area contributed by atoms with Crippen molar-refractivity contribution in [1.29, 1.82) is 0 Å². The van der Waals surface area contributed by atoms with E-state index in [0.717, 1.165) is 90.2 Å². The minimum Gasteiger partial charge on any atom is -0.469 e. The molecule has 4 aromatic rings. The van der Waals surface area contributed by atoms with Crippen LogP contribution < -0.4 is 11.2 Å². The van der Waals surface area contributed by atoms with Crippen molar-refractivity contribution in [2.75, 3.05) is 26.9 Å². The molecule has 17 nitrogen and oxygen atoms in total. The van der Waals surface area contributed by atoms with Gasteiger partial charge in [-0.25, -0.2) is 9.78 Å². The molecule has 0 saturated carbocycles. The number of methoxy groups -OCH3 is 1. The summed E-state index contributed by atoms with van der Waals surface area (Å²) in [6.45, 7) is 13.7. The van der Waals surface area contributed by atoms with Crippen LogP contribution in [0.5, 0.6) is 0 Å². The summed E-state index contributed by atoms with van der Waals surface area (Å²) >= 11 is 0. The molecule has 8 bridgehead atoms. The van der Waals surface area contributed by atoms with Gasteiger partial charge in [-0.3, -0.25) is 33.7 Å². The number of aromatic amines is 3. The van der Waals surface area contributed by atoms with Gasteiger partial charge in [-0.15, -0.1) is 0 Å². The maximum atomic E-state index is 13.4. The number of rotatable bonds is 10. The Morgan fingerprint density at radius 2 is 1.68 bits per heavy atom. The molecule has 0 aromatic carbocycles. The third-order valence-corrected chi connectivity index (χ3v) is 13.6. The number of nitrogens with one attached hydrogen (secondary N) is 3. The maximum absolute atomic E-state index is 13.4. The summed E-state index contributed by atoms with van der Waals surface area (Å²) in [6, 6.07) is 6.20. The Morgan fingerprint density at radius 1 is 0.939 bits per heavy atom. The van der Waals surface area contributed by atoms with Crippen molar-refractivity contribution in [2.24, 2.45) is 0 Å². The molecule has 4 aromatic heterocycles. The first-order valence-electron chi connectivity index (χ1n) is 22.4. The zero-order valence-electron chi connectivity index (χ0n) is 38.3. The van der Waals surface area contributed by atoms with Crippen molar-refractivity contribution < 1.29 is 42.8 Å². The highest BCUT2D eigenvalue weighted by atomic mass is 16.7. The predicted octanol–water partition coefficient (Wildman–Crippen LogP) is 6.37. The molecule has 2 fully saturated rings. The number of H-pyrrole nitrogens is 3. The highest BCUT2D eigenvalue weighted by molar-refractivity contribution is 5.98. The number of aromatic nitrogens is 6. The second-order valence-corrected chi connectivity index (χ2v) is 17.6. The molecule has 9 rings (SSSR count). The number of nitrogens with zero attached hydrogens (tertiary/aromatic N) is 3. The lowest BCUT2D eigenvalue weighted by Gasteiger charge is -2.24. The maximum Gasteiger partial charge on any atom is 0.330 e. The van der Waals surface area contributed by atoms with Crippen molar-refractivity contribution in [3.8, 4) is 0 Å². The van der Waals surface area contributed by atoms with Crippen LogP contribution in [0.15, 0.2) is 34.0 Å². The van der Waals surface area contributed by atoms with Crippen LogP contribution in [0, 0.1) is 13.8 Å². The summed E-state index contributed by atoms with van der Waals surface area (Å²) < 4.78 is 35.9. The number of hydrogen-bond acceptors (Lipinski definition) is 13. The lowest BCUT2D eigenvalue weighted by molar-refractivity contribution is -0.155. The van der Waals surface area contributed by atoms with E-state index in [1.54, 1.807) is 6.08 Å². The monoisotopic (exact) mass is 902 g/mol. The summed E-state index contributed by atoms with van der Waals surface area (Å²) in [5.74, 6) is -2.60. The molecule has 1 aliphatic carbocycles. The first-order chi connectivity index (χ1) is 31.6. The number of aryl methyl sites for hydroxylation is 3. The number of allylic oxidation sites excluding steroid dienone is 1. The highest BCUT2D eigenvalue weighted by Crippen LogP contribution is 2.53. The standard InChI is InChI=1S/C49H54N6O11/c1-9-30-23(2)35-17-39-31(11-10-29-21-55(48(60)54-47(29)59)42-19-40(65-28(7)57)41(66-42)22-62-27(6)56)24(3)34(51-39)16-36-25(4)32(12-13-43(58)61-8)45(52-36)33-20-49(63-14-15-64-49)44-26(5)37(53-46(33)44)18-38(30)50-35/h10-11,16-18,21,25,32,40-42,50-51H,9,12-15,19-20,22H2,1-8H3,(H,54,59,60)/b11-10+,34-16?,35-17?,36-16?,37-18?,38-18?,39-17?,45-33?/t25-,32-,40-,41+,42+/m0/s1. The van der Waals surface area contributed by atoms with E-state index in [4.69, 9.17) is 38.4 Å². The number of hydrogen-bond donors (Lipinski definition) is 3. The molecule has 5 aliphatic rings. The van der Waals surface area contributed by atoms with Gasteiger partial charge in [0.25, 0.3) is 5.56 Å². The van der Waals surface area contributed by atoms with Crippen LogP contribution in [0.3, 0.4) is 0 Å². The fourth-order valence-electron chi connectivity index (χ4n) is 10.2. The van der Waals surface area contributed by atoms with Crippen LogP contribution in [0.25, 0.3) is 45.4 Å². The van der Waals surface area contributed by atoms with Crippen LogP contribution in [-0.2, 0) is 55.6 Å². The number of esters is 3. The zero-order chi connectivity index (χ0) is 46.8. The van der Waals surface area contributed by atoms with Gasteiger partial charge in [0.2, 0.25) is 5.79 Å². The fourth-order valence-corrected chi connectivity index (χ4v) is 10.2. The van der Waals surface area contributed by atoms with Gasteiger partial charge in [0.1, 0.15) is 25.0 Å². The summed E-state index contributed by atoms with van der Waals surface area (Å²) in [6.07, 6.45) is 4.35. The molecule has 0 unspecified atom stereocenters. The molecule has 346 valence electrons. The number of fused-ring (bicyclic) bond motifs is 9. The van der Waals surface area contributed by atoms with Crippen molar-refractivity contribution in [3.63, 3.8) is 0 Å². The van der Waals surface area contributed by atoms with E-state index in [1.807, 2.05) is 13.0 Å². The highest BCUT2D eigenvalue weighted by Gasteiger charge is 2.52. The Morgan fingerprint density at radius 3 is 2.39 bits per heavy atom. The molecule has 0 radical (unpaired) electrons. The molecule has 1 spiro atoms. The van der Waals surface area contributed by atoms with E-state index < -0.39 is 47.4 Å². The van der Waals surface area contributed by atoms with Gasteiger partial charge in [0, 0.05) is 95.6 Å². The molecule has 4 aliphatic heterocycles. The Hall–Kier alpha value is -6.43. The molecule has 66 heavy (non-hydrogen) atoms. The number of ether oxygens (including phenoxy) is 6. The third-order valence-electron chi connectivity index (χ3n) is 13.6. The zero-order valence-corrected chi connectivity index (χ0v) is 38.3. The summed E-state index contributed by atoms with van der Waals surface area (Å²) in [4.78, 5) is 83.3. The molecule has 2 saturated heterocycles. The smallest absolute Gasteiger partial charge is 0.330 e. The van der Waals surface area contributed by atoms with Crippen LogP contribution in [0.2, 0.25) is 0 Å². The quantitative estimate of drug-likeness (QED) is 0.117. The van der Waals surface area contributed by atoms with Gasteiger partial charge in [-0.05, 0) is 80.2 Å². The largest absolute Gasteiger partial charge is 0.469 e. The topological polar surface area (TPSA) is 219 Å². The molecule has 0 amide bonds. The summed E-state index contributed by atoms with van der Waals surface area (Å²) in [7, 11) is 1.40. The van der Waals surface area contributed by atoms with Crippen molar-refractivity contribution in [2.45, 2.75) is 117 Å². The molecular formula is C49H54N6O11. The number of carbonyl (C=O) groups excluding carboxylic acids is 3. The Kier molecular flexibility index (Phi) is 11.8. The van der Waals surface area contributed by atoms with Gasteiger partial charge >= 0.3 is 23.6 Å². The van der Waals surface area contributed by atoms with Crippen molar-refractivity contribution >= 4 is 63.3 Å². The minimum absolute atomic E-state index is 0.0842. The Labute approximate surface area is 379 Å². The van der Waals surface area contributed by atoms with Crippen LogP contribution in [-0.4, -0.2) is 92.3 Å².